The van der Waals surface area contributed by atoms with Crippen molar-refractivity contribution in [1.82, 2.24) is 9.88 Å². The Morgan fingerprint density at radius 3 is 2.74 bits per heavy atom. The number of nitrogens with zero attached hydrogens (tertiary/aromatic N) is 2. The van der Waals surface area contributed by atoms with Crippen LogP contribution in [0.5, 0.6) is 0 Å². The summed E-state index contributed by atoms with van der Waals surface area (Å²) < 4.78 is 6.92. The summed E-state index contributed by atoms with van der Waals surface area (Å²) in [5.74, 6) is -0.423. The first-order valence-electron chi connectivity index (χ1n) is 11.0. The predicted octanol–water partition coefficient (Wildman–Crippen LogP) is 3.45. The van der Waals surface area contributed by atoms with Gasteiger partial charge in [0.1, 0.15) is 6.54 Å². The fraction of sp³-hybridized carbons (Fsp3) is 0.458. The molecule has 7 nitrogen and oxygen atoms in total. The number of carbonyl (C=O) groups is 3. The van der Waals surface area contributed by atoms with Gasteiger partial charge in [-0.1, -0.05) is 25.8 Å². The molecule has 2 aliphatic rings. The topological polar surface area (TPSA) is 80.6 Å². The Bertz CT molecular complexity index is 983. The molecule has 0 radical (unpaired) electrons. The van der Waals surface area contributed by atoms with Crippen molar-refractivity contribution in [3.8, 4) is 0 Å². The van der Waals surface area contributed by atoms with Gasteiger partial charge in [0.2, 0.25) is 11.8 Å². The van der Waals surface area contributed by atoms with Crippen LogP contribution in [-0.2, 0) is 20.9 Å². The lowest BCUT2D eigenvalue weighted by atomic mass is 9.85. The molecular formula is C24H29N3O4. The average molecular weight is 424 g/mol. The largest absolute Gasteiger partial charge is 0.462 e. The first-order chi connectivity index (χ1) is 15.0. The van der Waals surface area contributed by atoms with Gasteiger partial charge in [-0.3, -0.25) is 14.5 Å². The Morgan fingerprint density at radius 1 is 1.16 bits per heavy atom. The minimum absolute atomic E-state index is 0.106. The van der Waals surface area contributed by atoms with Crippen LogP contribution in [0.2, 0.25) is 0 Å². The van der Waals surface area contributed by atoms with Gasteiger partial charge in [-0.2, -0.15) is 0 Å². The molecule has 1 aromatic heterocycles. The zero-order chi connectivity index (χ0) is 22.0. The Kier molecular flexibility index (Phi) is 6.11. The summed E-state index contributed by atoms with van der Waals surface area (Å²) in [4.78, 5) is 40.4. The van der Waals surface area contributed by atoms with Crippen LogP contribution in [0.25, 0.3) is 0 Å². The molecule has 1 aromatic carbocycles. The summed E-state index contributed by atoms with van der Waals surface area (Å²) in [5, 5.41) is 3.21. The van der Waals surface area contributed by atoms with E-state index >= 15 is 0 Å². The van der Waals surface area contributed by atoms with Crippen LogP contribution in [0, 0.1) is 5.92 Å². The first-order valence-corrected chi connectivity index (χ1v) is 11.0. The Hall–Kier alpha value is -3.09. The fourth-order valence-corrected chi connectivity index (χ4v) is 4.65. The van der Waals surface area contributed by atoms with E-state index in [1.54, 1.807) is 31.2 Å². The van der Waals surface area contributed by atoms with Gasteiger partial charge in [0.05, 0.1) is 17.9 Å². The number of aromatic nitrogens is 1. The third kappa shape index (κ3) is 4.22. The Balaban J connectivity index is 1.68. The molecule has 2 heterocycles. The second kappa shape index (κ2) is 8.96. The molecule has 164 valence electrons. The predicted molar refractivity (Wildman–Crippen MR) is 117 cm³/mol. The maximum Gasteiger partial charge on any atom is 0.338 e. The van der Waals surface area contributed by atoms with Gasteiger partial charge < -0.3 is 14.6 Å². The van der Waals surface area contributed by atoms with E-state index in [0.29, 0.717) is 17.2 Å². The molecule has 1 aliphatic heterocycles. The van der Waals surface area contributed by atoms with Crippen molar-refractivity contribution in [3.63, 3.8) is 0 Å². The zero-order valence-electron chi connectivity index (χ0n) is 18.0. The quantitative estimate of drug-likeness (QED) is 0.747. The Morgan fingerprint density at radius 2 is 1.97 bits per heavy atom. The monoisotopic (exact) mass is 423 g/mol. The summed E-state index contributed by atoms with van der Waals surface area (Å²) in [6.45, 7) is 4.33. The number of carbonyl (C=O) groups excluding carboxylic acids is 3. The molecule has 31 heavy (non-hydrogen) atoms. The van der Waals surface area contributed by atoms with Gasteiger partial charge in [-0.25, -0.2) is 4.79 Å². The Labute approximate surface area is 182 Å². The lowest BCUT2D eigenvalue weighted by Gasteiger charge is -2.38. The second-order valence-corrected chi connectivity index (χ2v) is 8.37. The third-order valence-electron chi connectivity index (χ3n) is 6.30. The third-order valence-corrected chi connectivity index (χ3v) is 6.30. The van der Waals surface area contributed by atoms with E-state index in [4.69, 9.17) is 4.74 Å². The number of amides is 2. The van der Waals surface area contributed by atoms with Crippen molar-refractivity contribution in [3.05, 3.63) is 53.9 Å². The maximum absolute atomic E-state index is 13.5. The summed E-state index contributed by atoms with van der Waals surface area (Å²) >= 11 is 0. The molecule has 1 aliphatic carbocycles. The molecule has 0 saturated heterocycles. The standard InChI is InChI=1S/C24H29N3O4/c1-3-31-24(30)17-9-6-10-18(14-17)27-21(28)15-26-13-7-12-20(26)22(27)23(29)25-19-11-5-4-8-16(19)2/h6-7,9-10,12-14,16,19,22H,3-5,8,11,15H2,1-2H3,(H,25,29). The number of benzene rings is 1. The van der Waals surface area contributed by atoms with Gasteiger partial charge >= 0.3 is 5.97 Å². The SMILES string of the molecule is CCOC(=O)c1cccc(N2C(=O)Cn3cccc3C2C(=O)NC2CCCCC2C)c1. The number of hydrogen-bond acceptors (Lipinski definition) is 4. The number of hydrogen-bond donors (Lipinski definition) is 1. The van der Waals surface area contributed by atoms with E-state index in [2.05, 4.69) is 12.2 Å². The van der Waals surface area contributed by atoms with Crippen molar-refractivity contribution in [2.75, 3.05) is 11.5 Å². The highest BCUT2D eigenvalue weighted by atomic mass is 16.5. The van der Waals surface area contributed by atoms with E-state index in [9.17, 15) is 14.4 Å². The van der Waals surface area contributed by atoms with E-state index in [1.807, 2.05) is 22.9 Å². The fourth-order valence-electron chi connectivity index (χ4n) is 4.65. The van der Waals surface area contributed by atoms with Crippen molar-refractivity contribution in [2.24, 2.45) is 5.92 Å². The molecule has 3 atom stereocenters. The van der Waals surface area contributed by atoms with Crippen LogP contribution in [0.3, 0.4) is 0 Å². The molecule has 1 fully saturated rings. The van der Waals surface area contributed by atoms with Gasteiger partial charge in [0, 0.05) is 17.9 Å². The van der Waals surface area contributed by atoms with Crippen molar-refractivity contribution < 1.29 is 19.1 Å². The van der Waals surface area contributed by atoms with Crippen LogP contribution in [0.1, 0.15) is 61.6 Å². The highest BCUT2D eigenvalue weighted by Gasteiger charge is 2.39. The zero-order valence-corrected chi connectivity index (χ0v) is 18.0. The number of esters is 1. The molecule has 2 aromatic rings. The molecule has 3 unspecified atom stereocenters. The van der Waals surface area contributed by atoms with E-state index in [-0.39, 0.29) is 31.0 Å². The highest BCUT2D eigenvalue weighted by Crippen LogP contribution is 2.33. The second-order valence-electron chi connectivity index (χ2n) is 8.37. The lowest BCUT2D eigenvalue weighted by molar-refractivity contribution is -0.129. The molecule has 4 rings (SSSR count). The number of nitrogens with one attached hydrogen (secondary N) is 1. The molecule has 1 saturated carbocycles. The van der Waals surface area contributed by atoms with Crippen LogP contribution < -0.4 is 10.2 Å². The van der Waals surface area contributed by atoms with Gasteiger partial charge in [0.15, 0.2) is 6.04 Å². The van der Waals surface area contributed by atoms with Crippen LogP contribution in [-0.4, -0.2) is 35.0 Å². The number of rotatable bonds is 5. The molecular weight excluding hydrogens is 394 g/mol. The van der Waals surface area contributed by atoms with Crippen LogP contribution in [0.15, 0.2) is 42.6 Å². The van der Waals surface area contributed by atoms with Crippen LogP contribution in [0.4, 0.5) is 5.69 Å². The average Bonchev–Trinajstić information content (AvgIpc) is 3.22. The van der Waals surface area contributed by atoms with E-state index in [0.717, 1.165) is 25.0 Å². The minimum Gasteiger partial charge on any atom is -0.462 e. The molecule has 1 N–H and O–H groups in total. The van der Waals surface area contributed by atoms with E-state index < -0.39 is 12.0 Å². The van der Waals surface area contributed by atoms with Crippen molar-refractivity contribution in [2.45, 2.75) is 58.2 Å². The van der Waals surface area contributed by atoms with Crippen molar-refractivity contribution in [1.29, 1.82) is 0 Å². The smallest absolute Gasteiger partial charge is 0.338 e. The number of fused-ring (bicyclic) bond motifs is 1. The maximum atomic E-state index is 13.5. The molecule has 2 amide bonds. The van der Waals surface area contributed by atoms with Gasteiger partial charge in [-0.15, -0.1) is 0 Å². The number of anilines is 1. The first kappa shape index (κ1) is 21.2. The molecule has 7 heteroatoms. The van der Waals surface area contributed by atoms with Gasteiger partial charge in [0.25, 0.3) is 0 Å². The lowest BCUT2D eigenvalue weighted by Crippen LogP contribution is -2.52. The minimum atomic E-state index is -0.789. The summed E-state index contributed by atoms with van der Waals surface area (Å²) in [5.41, 5.74) is 1.63. The van der Waals surface area contributed by atoms with Crippen molar-refractivity contribution >= 4 is 23.5 Å². The molecule has 0 bridgehead atoms. The van der Waals surface area contributed by atoms with Crippen LogP contribution >= 0.6 is 0 Å². The van der Waals surface area contributed by atoms with Gasteiger partial charge in [-0.05, 0) is 56.0 Å². The van der Waals surface area contributed by atoms with E-state index in [1.165, 1.54) is 11.3 Å². The normalized spacial score (nSPS) is 23.2. The number of ether oxygens (including phenoxy) is 1. The summed E-state index contributed by atoms with van der Waals surface area (Å²) in [7, 11) is 0. The molecule has 0 spiro atoms. The summed E-state index contributed by atoms with van der Waals surface area (Å²) in [6, 6.07) is 9.78. The highest BCUT2D eigenvalue weighted by molar-refractivity contribution is 6.03. The summed E-state index contributed by atoms with van der Waals surface area (Å²) in [6.07, 6.45) is 6.15.